The van der Waals surface area contributed by atoms with Crippen LogP contribution in [-0.2, 0) is 11.3 Å². The maximum atomic E-state index is 8.98. The summed E-state index contributed by atoms with van der Waals surface area (Å²) < 4.78 is 10.5. The van der Waals surface area contributed by atoms with E-state index in [0.29, 0.717) is 13.2 Å². The average Bonchev–Trinajstić information content (AvgIpc) is 2.54. The summed E-state index contributed by atoms with van der Waals surface area (Å²) in [5.74, 6) is 1.89. The standard InChI is InChI=1S/C12H21NO3/c1-10-8-12(11(2)16-10)9-13(4-6-14)5-7-15-3/h8,14H,4-7,9H2,1-3H3. The maximum absolute atomic E-state index is 8.98. The van der Waals surface area contributed by atoms with Crippen LogP contribution in [-0.4, -0.2) is 43.4 Å². The van der Waals surface area contributed by atoms with Crippen LogP contribution in [0.15, 0.2) is 10.5 Å². The molecule has 0 unspecified atom stereocenters. The first-order valence-electron chi connectivity index (χ1n) is 5.55. The van der Waals surface area contributed by atoms with Crippen molar-refractivity contribution in [2.24, 2.45) is 0 Å². The molecule has 0 aliphatic heterocycles. The molecule has 0 fully saturated rings. The first kappa shape index (κ1) is 13.2. The zero-order chi connectivity index (χ0) is 12.0. The Balaban J connectivity index is 2.56. The smallest absolute Gasteiger partial charge is 0.105 e. The predicted octanol–water partition coefficient (Wildman–Crippen LogP) is 1.34. The van der Waals surface area contributed by atoms with E-state index >= 15 is 0 Å². The van der Waals surface area contributed by atoms with Crippen LogP contribution in [0.1, 0.15) is 17.1 Å². The van der Waals surface area contributed by atoms with Gasteiger partial charge in [0.05, 0.1) is 13.2 Å². The summed E-state index contributed by atoms with van der Waals surface area (Å²) in [6.07, 6.45) is 0. The molecule has 0 radical (unpaired) electrons. The van der Waals surface area contributed by atoms with Gasteiger partial charge in [-0.05, 0) is 19.9 Å². The fourth-order valence-corrected chi connectivity index (χ4v) is 1.71. The predicted molar refractivity (Wildman–Crippen MR) is 62.4 cm³/mol. The molecular weight excluding hydrogens is 206 g/mol. The summed E-state index contributed by atoms with van der Waals surface area (Å²) in [6, 6.07) is 2.05. The van der Waals surface area contributed by atoms with Gasteiger partial charge in [0, 0.05) is 32.3 Å². The summed E-state index contributed by atoms with van der Waals surface area (Å²) >= 11 is 0. The lowest BCUT2D eigenvalue weighted by Crippen LogP contribution is -2.29. The largest absolute Gasteiger partial charge is 0.466 e. The van der Waals surface area contributed by atoms with Crippen molar-refractivity contribution in [1.82, 2.24) is 4.90 Å². The molecule has 16 heavy (non-hydrogen) atoms. The molecule has 4 nitrogen and oxygen atoms in total. The highest BCUT2D eigenvalue weighted by molar-refractivity contribution is 5.19. The Morgan fingerprint density at radius 3 is 2.62 bits per heavy atom. The monoisotopic (exact) mass is 227 g/mol. The molecule has 0 spiro atoms. The van der Waals surface area contributed by atoms with Crippen LogP contribution in [0, 0.1) is 13.8 Å². The summed E-state index contributed by atoms with van der Waals surface area (Å²) in [7, 11) is 1.68. The van der Waals surface area contributed by atoms with Gasteiger partial charge >= 0.3 is 0 Å². The van der Waals surface area contributed by atoms with E-state index in [-0.39, 0.29) is 6.61 Å². The van der Waals surface area contributed by atoms with Crippen molar-refractivity contribution in [2.45, 2.75) is 20.4 Å². The molecule has 0 atom stereocenters. The molecule has 4 heteroatoms. The minimum atomic E-state index is 0.166. The van der Waals surface area contributed by atoms with Crippen LogP contribution < -0.4 is 0 Å². The molecule has 0 amide bonds. The van der Waals surface area contributed by atoms with Gasteiger partial charge in [-0.3, -0.25) is 4.90 Å². The Hall–Kier alpha value is -0.840. The third kappa shape index (κ3) is 3.96. The second-order valence-electron chi connectivity index (χ2n) is 3.93. The Bertz CT molecular complexity index is 309. The number of rotatable bonds is 7. The lowest BCUT2D eigenvalue weighted by molar-refractivity contribution is 0.126. The fraction of sp³-hybridized carbons (Fsp3) is 0.667. The van der Waals surface area contributed by atoms with Gasteiger partial charge in [0.25, 0.3) is 0 Å². The average molecular weight is 227 g/mol. The third-order valence-electron chi connectivity index (χ3n) is 2.57. The van der Waals surface area contributed by atoms with Crippen LogP contribution in [0.5, 0.6) is 0 Å². The Morgan fingerprint density at radius 1 is 1.38 bits per heavy atom. The van der Waals surface area contributed by atoms with E-state index in [1.165, 1.54) is 5.56 Å². The Kier molecular flexibility index (Phi) is 5.52. The van der Waals surface area contributed by atoms with Crippen LogP contribution in [0.25, 0.3) is 0 Å². The van der Waals surface area contributed by atoms with E-state index < -0.39 is 0 Å². The van der Waals surface area contributed by atoms with Gasteiger partial charge in [0.15, 0.2) is 0 Å². The molecule has 92 valence electrons. The topological polar surface area (TPSA) is 45.8 Å². The number of aryl methyl sites for hydroxylation is 2. The van der Waals surface area contributed by atoms with E-state index in [2.05, 4.69) is 4.90 Å². The highest BCUT2D eigenvalue weighted by Crippen LogP contribution is 2.15. The molecule has 1 rings (SSSR count). The summed E-state index contributed by atoms with van der Waals surface area (Å²) in [5.41, 5.74) is 1.18. The highest BCUT2D eigenvalue weighted by Gasteiger charge is 2.10. The maximum Gasteiger partial charge on any atom is 0.105 e. The van der Waals surface area contributed by atoms with Gasteiger partial charge in [-0.2, -0.15) is 0 Å². The zero-order valence-corrected chi connectivity index (χ0v) is 10.3. The molecular formula is C12H21NO3. The second kappa shape index (κ2) is 6.68. The first-order valence-corrected chi connectivity index (χ1v) is 5.55. The van der Waals surface area contributed by atoms with Crippen molar-refractivity contribution in [3.8, 4) is 0 Å². The molecule has 0 aliphatic rings. The van der Waals surface area contributed by atoms with Gasteiger partial charge in [0.2, 0.25) is 0 Å². The molecule has 0 saturated heterocycles. The second-order valence-corrected chi connectivity index (χ2v) is 3.93. The lowest BCUT2D eigenvalue weighted by Gasteiger charge is -2.20. The molecule has 1 N–H and O–H groups in total. The third-order valence-corrected chi connectivity index (χ3v) is 2.57. The van der Waals surface area contributed by atoms with E-state index in [4.69, 9.17) is 14.3 Å². The minimum absolute atomic E-state index is 0.166. The molecule has 0 aliphatic carbocycles. The van der Waals surface area contributed by atoms with Crippen molar-refractivity contribution in [2.75, 3.05) is 33.4 Å². The van der Waals surface area contributed by atoms with Crippen LogP contribution in [0.2, 0.25) is 0 Å². The van der Waals surface area contributed by atoms with Crippen molar-refractivity contribution in [3.63, 3.8) is 0 Å². The Morgan fingerprint density at radius 2 is 2.12 bits per heavy atom. The summed E-state index contributed by atoms with van der Waals surface area (Å²) in [5, 5.41) is 8.98. The number of furan rings is 1. The number of ether oxygens (including phenoxy) is 1. The summed E-state index contributed by atoms with van der Waals surface area (Å²) in [6.45, 7) is 7.04. The van der Waals surface area contributed by atoms with Crippen LogP contribution in [0.4, 0.5) is 0 Å². The molecule has 0 aromatic carbocycles. The number of methoxy groups -OCH3 is 1. The molecule has 1 heterocycles. The lowest BCUT2D eigenvalue weighted by atomic mass is 10.2. The zero-order valence-electron chi connectivity index (χ0n) is 10.3. The SMILES string of the molecule is COCCN(CCO)Cc1cc(C)oc1C. The number of aliphatic hydroxyl groups excluding tert-OH is 1. The van der Waals surface area contributed by atoms with E-state index in [1.54, 1.807) is 7.11 Å². The van der Waals surface area contributed by atoms with Gasteiger partial charge in [0.1, 0.15) is 11.5 Å². The van der Waals surface area contributed by atoms with Gasteiger partial charge in [-0.25, -0.2) is 0 Å². The van der Waals surface area contributed by atoms with Crippen molar-refractivity contribution < 1.29 is 14.3 Å². The molecule has 1 aromatic rings. The molecule has 0 saturated carbocycles. The van der Waals surface area contributed by atoms with Crippen LogP contribution in [0.3, 0.4) is 0 Å². The van der Waals surface area contributed by atoms with Crippen molar-refractivity contribution in [1.29, 1.82) is 0 Å². The van der Waals surface area contributed by atoms with Crippen LogP contribution >= 0.6 is 0 Å². The molecule has 1 aromatic heterocycles. The number of hydrogen-bond acceptors (Lipinski definition) is 4. The number of hydrogen-bond donors (Lipinski definition) is 1. The fourth-order valence-electron chi connectivity index (χ4n) is 1.71. The first-order chi connectivity index (χ1) is 7.67. The number of nitrogens with zero attached hydrogens (tertiary/aromatic N) is 1. The normalized spacial score (nSPS) is 11.3. The number of aliphatic hydroxyl groups is 1. The quantitative estimate of drug-likeness (QED) is 0.763. The highest BCUT2D eigenvalue weighted by atomic mass is 16.5. The minimum Gasteiger partial charge on any atom is -0.466 e. The summed E-state index contributed by atoms with van der Waals surface area (Å²) in [4.78, 5) is 2.15. The van der Waals surface area contributed by atoms with E-state index in [1.807, 2.05) is 19.9 Å². The van der Waals surface area contributed by atoms with Gasteiger partial charge in [-0.15, -0.1) is 0 Å². The van der Waals surface area contributed by atoms with Gasteiger partial charge in [-0.1, -0.05) is 0 Å². The van der Waals surface area contributed by atoms with E-state index in [0.717, 1.165) is 24.6 Å². The molecule has 0 bridgehead atoms. The Labute approximate surface area is 96.8 Å². The van der Waals surface area contributed by atoms with Crippen molar-refractivity contribution in [3.05, 3.63) is 23.2 Å². The van der Waals surface area contributed by atoms with Gasteiger partial charge < -0.3 is 14.3 Å². The van der Waals surface area contributed by atoms with E-state index in [9.17, 15) is 0 Å². The van der Waals surface area contributed by atoms with Crippen molar-refractivity contribution >= 4 is 0 Å².